The summed E-state index contributed by atoms with van der Waals surface area (Å²) in [6.07, 6.45) is 2.29. The molecule has 2 rings (SSSR count). The van der Waals surface area contributed by atoms with E-state index in [0.717, 1.165) is 11.1 Å². The van der Waals surface area contributed by atoms with Crippen LogP contribution in [0.1, 0.15) is 23.8 Å². The smallest absolute Gasteiger partial charge is 0.313 e. The number of carbonyl (C=O) groups is 1. The number of carbonyl (C=O) groups excluding carboxylic acids is 1. The lowest BCUT2D eigenvalue weighted by molar-refractivity contribution is -0.384. The van der Waals surface area contributed by atoms with E-state index in [4.69, 9.17) is 5.73 Å². The topological polar surface area (TPSA) is 129 Å². The van der Waals surface area contributed by atoms with Crippen molar-refractivity contribution in [1.82, 2.24) is 14.8 Å². The fourth-order valence-corrected chi connectivity index (χ4v) is 1.68. The predicted octanol–water partition coefficient (Wildman–Crippen LogP) is 1.10. The Hall–Kier alpha value is -2.97. The molecule has 0 atom stereocenters. The van der Waals surface area contributed by atoms with Crippen LogP contribution in [0.15, 0.2) is 24.4 Å². The second kappa shape index (κ2) is 5.99. The number of nitro groups is 1. The molecule has 0 aliphatic carbocycles. The molecule has 0 saturated heterocycles. The third-order valence-corrected chi connectivity index (χ3v) is 2.67. The summed E-state index contributed by atoms with van der Waals surface area (Å²) in [4.78, 5) is 25.7. The highest BCUT2D eigenvalue weighted by atomic mass is 16.6. The standard InChI is InChI=1S/C12H14N6O3/c1-2-6-14-10-4-3-9(18(20)21)12(15-10)17-7-5-8(16-17)11(13)19/h3-5,7H,2,6H2,1H3,(H2,13,19)(H,14,15). The van der Waals surface area contributed by atoms with E-state index in [0.29, 0.717) is 12.4 Å². The molecular formula is C12H14N6O3. The van der Waals surface area contributed by atoms with Gasteiger partial charge in [-0.1, -0.05) is 6.92 Å². The Bertz CT molecular complexity index is 681. The van der Waals surface area contributed by atoms with E-state index in [-0.39, 0.29) is 17.2 Å². The number of nitrogens with zero attached hydrogens (tertiary/aromatic N) is 4. The van der Waals surface area contributed by atoms with Crippen molar-refractivity contribution in [2.75, 3.05) is 11.9 Å². The summed E-state index contributed by atoms with van der Waals surface area (Å²) in [5.41, 5.74) is 4.92. The van der Waals surface area contributed by atoms with Gasteiger partial charge in [0, 0.05) is 18.8 Å². The third kappa shape index (κ3) is 3.14. The van der Waals surface area contributed by atoms with E-state index in [1.165, 1.54) is 24.4 Å². The van der Waals surface area contributed by atoms with Crippen LogP contribution < -0.4 is 11.1 Å². The number of primary amides is 1. The number of amides is 1. The summed E-state index contributed by atoms with van der Waals surface area (Å²) in [5, 5.41) is 18.0. The number of pyridine rings is 1. The van der Waals surface area contributed by atoms with Crippen LogP contribution in [0.2, 0.25) is 0 Å². The van der Waals surface area contributed by atoms with Crippen molar-refractivity contribution in [3.05, 3.63) is 40.2 Å². The first-order valence-corrected chi connectivity index (χ1v) is 6.28. The van der Waals surface area contributed by atoms with E-state index >= 15 is 0 Å². The number of nitrogens with two attached hydrogens (primary N) is 1. The minimum atomic E-state index is -0.711. The van der Waals surface area contributed by atoms with Crippen LogP contribution in [-0.4, -0.2) is 32.1 Å². The zero-order valence-corrected chi connectivity index (χ0v) is 11.3. The molecule has 0 fully saturated rings. The number of hydrogen-bond acceptors (Lipinski definition) is 6. The molecule has 0 aliphatic heterocycles. The summed E-state index contributed by atoms with van der Waals surface area (Å²) in [5.74, 6) is -0.196. The molecule has 0 radical (unpaired) electrons. The zero-order valence-electron chi connectivity index (χ0n) is 11.3. The summed E-state index contributed by atoms with van der Waals surface area (Å²) < 4.78 is 1.16. The highest BCUT2D eigenvalue weighted by Gasteiger charge is 2.19. The fraction of sp³-hybridized carbons (Fsp3) is 0.250. The SMILES string of the molecule is CCCNc1ccc([N+](=O)[O-])c(-n2ccc(C(N)=O)n2)n1. The van der Waals surface area contributed by atoms with E-state index in [2.05, 4.69) is 15.4 Å². The van der Waals surface area contributed by atoms with Gasteiger partial charge in [0.15, 0.2) is 0 Å². The lowest BCUT2D eigenvalue weighted by Crippen LogP contribution is -2.13. The first kappa shape index (κ1) is 14.4. The van der Waals surface area contributed by atoms with Gasteiger partial charge >= 0.3 is 5.69 Å². The molecular weight excluding hydrogens is 276 g/mol. The monoisotopic (exact) mass is 290 g/mol. The minimum Gasteiger partial charge on any atom is -0.370 e. The van der Waals surface area contributed by atoms with Crippen LogP contribution in [0.4, 0.5) is 11.5 Å². The zero-order chi connectivity index (χ0) is 15.4. The summed E-state index contributed by atoms with van der Waals surface area (Å²) in [7, 11) is 0. The van der Waals surface area contributed by atoms with Crippen molar-refractivity contribution >= 4 is 17.4 Å². The molecule has 9 heteroatoms. The minimum absolute atomic E-state index is 0.0121. The molecule has 9 nitrogen and oxygen atoms in total. The molecule has 0 aliphatic rings. The number of aromatic nitrogens is 3. The molecule has 21 heavy (non-hydrogen) atoms. The van der Waals surface area contributed by atoms with E-state index in [1.54, 1.807) is 0 Å². The van der Waals surface area contributed by atoms with Gasteiger partial charge in [-0.15, -0.1) is 0 Å². The Balaban J connectivity index is 2.46. The molecule has 0 bridgehead atoms. The van der Waals surface area contributed by atoms with E-state index in [9.17, 15) is 14.9 Å². The van der Waals surface area contributed by atoms with Crippen molar-refractivity contribution in [3.8, 4) is 5.82 Å². The summed E-state index contributed by atoms with van der Waals surface area (Å²) in [6.45, 7) is 2.68. The Labute approximate surface area is 119 Å². The predicted molar refractivity (Wildman–Crippen MR) is 75.3 cm³/mol. The molecule has 0 aromatic carbocycles. The number of rotatable bonds is 6. The molecule has 1 amide bonds. The van der Waals surface area contributed by atoms with Crippen molar-refractivity contribution in [2.45, 2.75) is 13.3 Å². The Morgan fingerprint density at radius 1 is 1.48 bits per heavy atom. The van der Waals surface area contributed by atoms with Gasteiger partial charge < -0.3 is 11.1 Å². The van der Waals surface area contributed by atoms with Gasteiger partial charge in [-0.2, -0.15) is 5.10 Å². The Morgan fingerprint density at radius 2 is 2.24 bits per heavy atom. The average molecular weight is 290 g/mol. The van der Waals surface area contributed by atoms with E-state index < -0.39 is 10.8 Å². The maximum absolute atomic E-state index is 11.1. The van der Waals surface area contributed by atoms with Crippen molar-refractivity contribution in [3.63, 3.8) is 0 Å². The Kier molecular flexibility index (Phi) is 4.12. The molecule has 2 heterocycles. The van der Waals surface area contributed by atoms with Gasteiger partial charge in [-0.3, -0.25) is 14.9 Å². The van der Waals surface area contributed by atoms with Gasteiger partial charge in [0.2, 0.25) is 5.82 Å². The van der Waals surface area contributed by atoms with Crippen LogP contribution in [0.25, 0.3) is 5.82 Å². The van der Waals surface area contributed by atoms with E-state index in [1.807, 2.05) is 6.92 Å². The van der Waals surface area contributed by atoms with Crippen LogP contribution in [0.5, 0.6) is 0 Å². The van der Waals surface area contributed by atoms with Crippen LogP contribution in [0, 0.1) is 10.1 Å². The highest BCUT2D eigenvalue weighted by Crippen LogP contribution is 2.22. The summed E-state index contributed by atoms with van der Waals surface area (Å²) >= 11 is 0. The van der Waals surface area contributed by atoms with Crippen molar-refractivity contribution < 1.29 is 9.72 Å². The first-order chi connectivity index (χ1) is 10.0. The third-order valence-electron chi connectivity index (χ3n) is 2.67. The quantitative estimate of drug-likeness (QED) is 0.605. The summed E-state index contributed by atoms with van der Waals surface area (Å²) in [6, 6.07) is 4.24. The first-order valence-electron chi connectivity index (χ1n) is 6.28. The second-order valence-electron chi connectivity index (χ2n) is 4.23. The lowest BCUT2D eigenvalue weighted by Gasteiger charge is -2.07. The van der Waals surface area contributed by atoms with Gasteiger partial charge in [0.05, 0.1) is 4.92 Å². The number of anilines is 1. The Morgan fingerprint density at radius 3 is 2.81 bits per heavy atom. The number of hydrogen-bond donors (Lipinski definition) is 2. The normalized spacial score (nSPS) is 10.3. The second-order valence-corrected chi connectivity index (χ2v) is 4.23. The molecule has 110 valence electrons. The van der Waals surface area contributed by atoms with Gasteiger partial charge in [0.25, 0.3) is 5.91 Å². The fourth-order valence-electron chi connectivity index (χ4n) is 1.68. The van der Waals surface area contributed by atoms with Gasteiger partial charge in [-0.05, 0) is 18.6 Å². The molecule has 2 aromatic rings. The van der Waals surface area contributed by atoms with Crippen LogP contribution in [-0.2, 0) is 0 Å². The van der Waals surface area contributed by atoms with Crippen LogP contribution in [0.3, 0.4) is 0 Å². The maximum Gasteiger partial charge on any atom is 0.313 e. The van der Waals surface area contributed by atoms with Crippen molar-refractivity contribution in [1.29, 1.82) is 0 Å². The largest absolute Gasteiger partial charge is 0.370 e. The number of nitrogens with one attached hydrogen (secondary N) is 1. The molecule has 2 aromatic heterocycles. The molecule has 0 saturated carbocycles. The van der Waals surface area contributed by atoms with Crippen LogP contribution >= 0.6 is 0 Å². The highest BCUT2D eigenvalue weighted by molar-refractivity contribution is 5.90. The van der Waals surface area contributed by atoms with Crippen molar-refractivity contribution in [2.24, 2.45) is 5.73 Å². The molecule has 0 spiro atoms. The maximum atomic E-state index is 11.1. The molecule has 3 N–H and O–H groups in total. The van der Waals surface area contributed by atoms with Gasteiger partial charge in [0.1, 0.15) is 11.5 Å². The van der Waals surface area contributed by atoms with Gasteiger partial charge in [-0.25, -0.2) is 9.67 Å². The molecule has 0 unspecified atom stereocenters. The average Bonchev–Trinajstić information content (AvgIpc) is 2.94. The lowest BCUT2D eigenvalue weighted by atomic mass is 10.3.